The molecule has 1 aliphatic rings. The van der Waals surface area contributed by atoms with Crippen LogP contribution in [-0.4, -0.2) is 51.4 Å². The van der Waals surface area contributed by atoms with Crippen molar-refractivity contribution in [3.8, 4) is 0 Å². The lowest BCUT2D eigenvalue weighted by Crippen LogP contribution is -2.37. The Bertz CT molecular complexity index is 899. The van der Waals surface area contributed by atoms with Gasteiger partial charge in [0.25, 0.3) is 5.91 Å². The first kappa shape index (κ1) is 17.6. The minimum absolute atomic E-state index is 0.253. The van der Waals surface area contributed by atoms with E-state index in [1.165, 1.54) is 10.6 Å². The highest BCUT2D eigenvalue weighted by atomic mass is 32.2. The van der Waals surface area contributed by atoms with Crippen LogP contribution in [0.3, 0.4) is 0 Å². The molecule has 0 fully saturated rings. The topological polar surface area (TPSA) is 113 Å². The summed E-state index contributed by atoms with van der Waals surface area (Å²) in [6.07, 6.45) is 1.99. The van der Waals surface area contributed by atoms with Gasteiger partial charge in [-0.05, 0) is 19.4 Å². The van der Waals surface area contributed by atoms with Gasteiger partial charge in [-0.15, -0.1) is 0 Å². The summed E-state index contributed by atoms with van der Waals surface area (Å²) in [7, 11) is -3.22. The molecule has 0 bridgehead atoms. The molecule has 10 heteroatoms. The minimum Gasteiger partial charge on any atom is -0.345 e. The van der Waals surface area contributed by atoms with E-state index in [1.807, 2.05) is 19.9 Å². The number of nitrogens with zero attached hydrogens (tertiary/aromatic N) is 4. The zero-order valence-corrected chi connectivity index (χ0v) is 15.4. The smallest absolute Gasteiger partial charge is 0.272 e. The summed E-state index contributed by atoms with van der Waals surface area (Å²) in [6.45, 7) is 5.35. The van der Waals surface area contributed by atoms with Crippen molar-refractivity contribution in [2.75, 3.05) is 12.8 Å². The van der Waals surface area contributed by atoms with E-state index in [1.54, 1.807) is 4.68 Å². The van der Waals surface area contributed by atoms with Gasteiger partial charge in [0.15, 0.2) is 5.69 Å². The Hall–Kier alpha value is -2.20. The van der Waals surface area contributed by atoms with Crippen molar-refractivity contribution in [1.29, 1.82) is 0 Å². The molecule has 1 aliphatic heterocycles. The van der Waals surface area contributed by atoms with Crippen LogP contribution in [0.5, 0.6) is 0 Å². The highest BCUT2D eigenvalue weighted by Gasteiger charge is 2.24. The zero-order chi connectivity index (χ0) is 18.2. The first-order valence-electron chi connectivity index (χ1n) is 8.12. The second-order valence-corrected chi connectivity index (χ2v) is 8.14. The van der Waals surface area contributed by atoms with Gasteiger partial charge in [0.1, 0.15) is 0 Å². The van der Waals surface area contributed by atoms with Crippen LogP contribution in [0.25, 0.3) is 0 Å². The molecule has 0 saturated heterocycles. The van der Waals surface area contributed by atoms with Crippen molar-refractivity contribution >= 4 is 15.9 Å². The van der Waals surface area contributed by atoms with Gasteiger partial charge < -0.3 is 5.32 Å². The maximum Gasteiger partial charge on any atom is 0.272 e. The van der Waals surface area contributed by atoms with Crippen molar-refractivity contribution in [2.24, 2.45) is 0 Å². The quantitative estimate of drug-likeness (QED) is 0.784. The summed E-state index contributed by atoms with van der Waals surface area (Å²) >= 11 is 0. The largest absolute Gasteiger partial charge is 0.345 e. The fraction of sp³-hybridized carbons (Fsp3) is 0.533. The lowest BCUT2D eigenvalue weighted by Gasteiger charge is -2.25. The first-order chi connectivity index (χ1) is 11.8. The lowest BCUT2D eigenvalue weighted by atomic mass is 10.1. The van der Waals surface area contributed by atoms with Crippen LogP contribution in [0.15, 0.2) is 6.07 Å². The van der Waals surface area contributed by atoms with E-state index in [-0.39, 0.29) is 12.5 Å². The second-order valence-electron chi connectivity index (χ2n) is 6.16. The number of carbonyl (C=O) groups is 1. The molecule has 2 N–H and O–H groups in total. The summed E-state index contributed by atoms with van der Waals surface area (Å²) in [5.41, 5.74) is 3.72. The van der Waals surface area contributed by atoms with Crippen LogP contribution >= 0.6 is 0 Å². The number of fused-ring (bicyclic) bond motifs is 1. The Balaban J connectivity index is 1.66. The molecule has 0 aliphatic carbocycles. The number of amides is 1. The van der Waals surface area contributed by atoms with Gasteiger partial charge in [0, 0.05) is 17.8 Å². The molecule has 0 atom stereocenters. The van der Waals surface area contributed by atoms with E-state index >= 15 is 0 Å². The number of rotatable bonds is 5. The summed E-state index contributed by atoms with van der Waals surface area (Å²) in [6, 6.07) is 1.83. The van der Waals surface area contributed by atoms with Gasteiger partial charge in [-0.25, -0.2) is 8.42 Å². The van der Waals surface area contributed by atoms with Gasteiger partial charge >= 0.3 is 0 Å². The molecule has 0 unspecified atom stereocenters. The van der Waals surface area contributed by atoms with Gasteiger partial charge in [-0.2, -0.15) is 14.5 Å². The fourth-order valence-electron chi connectivity index (χ4n) is 2.93. The molecule has 2 aromatic heterocycles. The molecule has 0 saturated carbocycles. The van der Waals surface area contributed by atoms with Gasteiger partial charge in [-0.1, -0.05) is 6.92 Å². The summed E-state index contributed by atoms with van der Waals surface area (Å²) in [5, 5.41) is 14.2. The highest BCUT2D eigenvalue weighted by Crippen LogP contribution is 2.16. The average molecular weight is 366 g/mol. The number of aromatic nitrogens is 4. The van der Waals surface area contributed by atoms with Crippen molar-refractivity contribution in [1.82, 2.24) is 29.6 Å². The Morgan fingerprint density at radius 3 is 2.80 bits per heavy atom. The number of aryl methyl sites for hydroxylation is 1. The fourth-order valence-corrected chi connectivity index (χ4v) is 3.71. The highest BCUT2D eigenvalue weighted by molar-refractivity contribution is 7.88. The van der Waals surface area contributed by atoms with Crippen LogP contribution in [0.2, 0.25) is 0 Å². The Labute approximate surface area is 146 Å². The van der Waals surface area contributed by atoms with Crippen LogP contribution in [-0.2, 0) is 36.1 Å². The lowest BCUT2D eigenvalue weighted by molar-refractivity contribution is 0.0944. The van der Waals surface area contributed by atoms with Crippen molar-refractivity contribution < 1.29 is 13.2 Å². The molecule has 3 rings (SSSR count). The molecule has 0 spiro atoms. The molecule has 0 radical (unpaired) electrons. The minimum atomic E-state index is -3.22. The van der Waals surface area contributed by atoms with Crippen molar-refractivity contribution in [3.63, 3.8) is 0 Å². The predicted molar refractivity (Wildman–Crippen MR) is 91.4 cm³/mol. The Kier molecular flexibility index (Phi) is 4.65. The van der Waals surface area contributed by atoms with E-state index in [4.69, 9.17) is 0 Å². The number of hydrogen-bond donors (Lipinski definition) is 2. The maximum absolute atomic E-state index is 12.3. The SMILES string of the molecule is CCc1[nH]nc(C(=O)NCc2cc3n(n2)CCN(S(C)(=O)=O)C3)c1C. The molecule has 1 amide bonds. The van der Waals surface area contributed by atoms with E-state index in [2.05, 4.69) is 20.6 Å². The number of nitrogens with one attached hydrogen (secondary N) is 2. The average Bonchev–Trinajstić information content (AvgIpc) is 3.13. The van der Waals surface area contributed by atoms with Crippen LogP contribution in [0, 0.1) is 6.92 Å². The maximum atomic E-state index is 12.3. The van der Waals surface area contributed by atoms with E-state index in [9.17, 15) is 13.2 Å². The van der Waals surface area contributed by atoms with Crippen LogP contribution in [0.1, 0.15) is 40.1 Å². The number of hydrogen-bond acceptors (Lipinski definition) is 5. The van der Waals surface area contributed by atoms with Crippen molar-refractivity contribution in [3.05, 3.63) is 34.4 Å². The Morgan fingerprint density at radius 1 is 1.40 bits per heavy atom. The molecule has 2 aromatic rings. The number of H-pyrrole nitrogens is 1. The van der Waals surface area contributed by atoms with E-state index < -0.39 is 10.0 Å². The van der Waals surface area contributed by atoms with Gasteiger partial charge in [0.2, 0.25) is 10.0 Å². The second kappa shape index (κ2) is 6.60. The molecular formula is C15H22N6O3S. The molecule has 3 heterocycles. The molecule has 25 heavy (non-hydrogen) atoms. The predicted octanol–water partition coefficient (Wildman–Crippen LogP) is 0.182. The monoisotopic (exact) mass is 366 g/mol. The third kappa shape index (κ3) is 3.59. The first-order valence-corrected chi connectivity index (χ1v) is 9.97. The Morgan fingerprint density at radius 2 is 2.16 bits per heavy atom. The van der Waals surface area contributed by atoms with Gasteiger partial charge in [-0.3, -0.25) is 14.6 Å². The molecule has 0 aromatic carbocycles. The van der Waals surface area contributed by atoms with Gasteiger partial charge in [0.05, 0.1) is 37.3 Å². The third-order valence-corrected chi connectivity index (χ3v) is 5.64. The molecule has 136 valence electrons. The van der Waals surface area contributed by atoms with E-state index in [0.29, 0.717) is 31.0 Å². The van der Waals surface area contributed by atoms with E-state index in [0.717, 1.165) is 23.4 Å². The summed E-state index contributed by atoms with van der Waals surface area (Å²) < 4.78 is 26.5. The van der Waals surface area contributed by atoms with Crippen LogP contribution < -0.4 is 5.32 Å². The number of carbonyl (C=O) groups excluding carboxylic acids is 1. The molecular weight excluding hydrogens is 344 g/mol. The molecule has 9 nitrogen and oxygen atoms in total. The summed E-state index contributed by atoms with van der Waals surface area (Å²) in [5.74, 6) is -0.253. The summed E-state index contributed by atoms with van der Waals surface area (Å²) in [4.78, 5) is 12.3. The zero-order valence-electron chi connectivity index (χ0n) is 14.5. The van der Waals surface area contributed by atoms with Crippen LogP contribution in [0.4, 0.5) is 0 Å². The van der Waals surface area contributed by atoms with Crippen molar-refractivity contribution in [2.45, 2.75) is 39.9 Å². The number of aromatic amines is 1. The standard InChI is InChI=1S/C15H22N6O3S/c1-4-13-10(2)14(18-17-13)15(22)16-8-11-7-12-9-20(25(3,23)24)5-6-21(12)19-11/h7H,4-6,8-9H2,1-3H3,(H,16,22)(H,17,18). The normalized spacial score (nSPS) is 15.2. The number of sulfonamides is 1. The third-order valence-electron chi connectivity index (χ3n) is 4.39.